The van der Waals surface area contributed by atoms with E-state index in [0.29, 0.717) is 24.3 Å². The molecule has 0 atom stereocenters. The fourth-order valence-corrected chi connectivity index (χ4v) is 4.82. The van der Waals surface area contributed by atoms with Crippen molar-refractivity contribution in [2.24, 2.45) is 5.41 Å². The van der Waals surface area contributed by atoms with Gasteiger partial charge < -0.3 is 29.6 Å². The first kappa shape index (κ1) is 37.5. The molecule has 5 rings (SSSR count). The smallest absolute Gasteiger partial charge is 0.214 e. The number of aromatic nitrogens is 4. The van der Waals surface area contributed by atoms with Gasteiger partial charge in [0.05, 0.1) is 31.8 Å². The molecule has 0 aliphatic carbocycles. The van der Waals surface area contributed by atoms with Crippen molar-refractivity contribution in [3.63, 3.8) is 0 Å². The van der Waals surface area contributed by atoms with Gasteiger partial charge >= 0.3 is 0 Å². The van der Waals surface area contributed by atoms with Gasteiger partial charge in [0.1, 0.15) is 16.1 Å². The molecule has 1 amide bonds. The second-order valence-electron chi connectivity index (χ2n) is 13.6. The van der Waals surface area contributed by atoms with Gasteiger partial charge in [0.15, 0.2) is 5.82 Å². The molecule has 11 nitrogen and oxygen atoms in total. The number of nitrogens with zero attached hydrogens (tertiary/aromatic N) is 4. The molecule has 3 N–H and O–H groups in total. The Kier molecular flexibility index (Phi) is 14.6. The summed E-state index contributed by atoms with van der Waals surface area (Å²) < 4.78 is 16.4. The lowest BCUT2D eigenvalue weighted by Crippen LogP contribution is -2.37. The van der Waals surface area contributed by atoms with Gasteiger partial charge in [-0.25, -0.2) is 9.97 Å². The lowest BCUT2D eigenvalue weighted by Gasteiger charge is -2.26. The molecule has 0 saturated carbocycles. The minimum Gasteiger partial charge on any atom is -0.478 e. The first-order valence-electron chi connectivity index (χ1n) is 15.9. The van der Waals surface area contributed by atoms with Crippen LogP contribution < -0.4 is 15.4 Å². The minimum absolute atomic E-state index is 0.0437. The van der Waals surface area contributed by atoms with Crippen LogP contribution in [0, 0.1) is 5.41 Å². The summed E-state index contributed by atoms with van der Waals surface area (Å²) >= 11 is 1.49. The van der Waals surface area contributed by atoms with Gasteiger partial charge in [-0.1, -0.05) is 65.8 Å². The van der Waals surface area contributed by atoms with E-state index in [-0.39, 0.29) is 5.41 Å². The van der Waals surface area contributed by atoms with Crippen LogP contribution >= 0.6 is 11.3 Å². The first-order chi connectivity index (χ1) is 22.4. The van der Waals surface area contributed by atoms with Gasteiger partial charge in [0, 0.05) is 55.3 Å². The molecule has 0 radical (unpaired) electrons. The Morgan fingerprint density at radius 2 is 1.74 bits per heavy atom. The molecule has 47 heavy (non-hydrogen) atoms. The van der Waals surface area contributed by atoms with Gasteiger partial charge in [-0.3, -0.25) is 9.69 Å². The Balaban J connectivity index is 0.000000309. The van der Waals surface area contributed by atoms with E-state index in [9.17, 15) is 4.79 Å². The summed E-state index contributed by atoms with van der Waals surface area (Å²) in [5.74, 6) is 2.30. The molecule has 0 spiro atoms. The third kappa shape index (κ3) is 14.1. The van der Waals surface area contributed by atoms with Crippen LogP contribution in [0.3, 0.4) is 0 Å². The number of amides is 1. The van der Waals surface area contributed by atoms with Gasteiger partial charge in [0.2, 0.25) is 12.3 Å². The molecule has 1 aliphatic heterocycles. The van der Waals surface area contributed by atoms with Crippen molar-refractivity contribution in [2.45, 2.75) is 60.3 Å². The molecule has 4 heterocycles. The Labute approximate surface area is 282 Å². The lowest BCUT2D eigenvalue weighted by atomic mass is 9.93. The highest BCUT2D eigenvalue weighted by Gasteiger charge is 2.19. The number of carbonyl (C=O) groups excluding carboxylic acids is 1. The van der Waals surface area contributed by atoms with Crippen LogP contribution in [-0.2, 0) is 14.9 Å². The van der Waals surface area contributed by atoms with Crippen LogP contribution in [0.4, 0.5) is 11.5 Å². The summed E-state index contributed by atoms with van der Waals surface area (Å²) in [6.07, 6.45) is 3.27. The van der Waals surface area contributed by atoms with E-state index in [1.54, 1.807) is 6.33 Å². The molecule has 1 fully saturated rings. The second kappa shape index (κ2) is 18.4. The number of H-pyrrole nitrogens is 1. The zero-order valence-electron chi connectivity index (χ0n) is 29.1. The summed E-state index contributed by atoms with van der Waals surface area (Å²) in [6, 6.07) is 13.3. The average Bonchev–Trinajstić information content (AvgIpc) is 3.52. The summed E-state index contributed by atoms with van der Waals surface area (Å²) in [5.41, 5.74) is 3.96. The standard InChI is InChI=1S/C22H25N5O3S.C8H14N2O.C5H12/c28-16-25-18-4-2-17(3-5-18)20-14-31-22-19(23-15-24-20)6-7-21(26-22)30-11-1-8-27-9-12-29-13-10-27;1-8(2,3)6-5-7(9-4)10-11-6;1-5(2,3)4/h2-7,14-16H,1,8-13H2,(H,23,24)(H,25,28);5H,1-4H3,(H,9,10);1-4H3. The monoisotopic (exact) mass is 665 g/mol. The number of fused-ring (bicyclic) bond motifs is 1. The molecule has 0 unspecified atom stereocenters. The van der Waals surface area contributed by atoms with Crippen molar-refractivity contribution < 1.29 is 18.8 Å². The van der Waals surface area contributed by atoms with Gasteiger partial charge in [0.25, 0.3) is 0 Å². The SMILES string of the molecule is CC(C)(C)C.CNc1cc(C(C)(C)C)on1.O=CNc1ccc(-c2csc3nc(OCCCN4CCOCC4)ccc3nc[nH]2)cc1. The molecule has 4 aromatic rings. The number of carbonyl (C=O) groups is 1. The number of hydrogen-bond donors (Lipinski definition) is 3. The van der Waals surface area contributed by atoms with Crippen molar-refractivity contribution in [3.05, 3.63) is 59.9 Å². The topological polar surface area (TPSA) is 130 Å². The summed E-state index contributed by atoms with van der Waals surface area (Å²) in [7, 11) is 1.82. The molecule has 1 aliphatic rings. The van der Waals surface area contributed by atoms with Crippen molar-refractivity contribution in [3.8, 4) is 17.1 Å². The molecule has 0 bridgehead atoms. The Morgan fingerprint density at radius 3 is 2.34 bits per heavy atom. The van der Waals surface area contributed by atoms with Gasteiger partial charge in [-0.2, -0.15) is 0 Å². The van der Waals surface area contributed by atoms with E-state index in [1.165, 1.54) is 11.3 Å². The fourth-order valence-electron chi connectivity index (χ4n) is 4.00. The van der Waals surface area contributed by atoms with Gasteiger partial charge in [-0.15, -0.1) is 11.3 Å². The third-order valence-electron chi connectivity index (χ3n) is 6.43. The number of morpholine rings is 1. The van der Waals surface area contributed by atoms with Crippen LogP contribution in [0.5, 0.6) is 5.88 Å². The van der Waals surface area contributed by atoms with E-state index in [1.807, 2.05) is 54.9 Å². The van der Waals surface area contributed by atoms with Crippen LogP contribution in [0.2, 0.25) is 0 Å². The van der Waals surface area contributed by atoms with E-state index in [2.05, 4.69) is 84.1 Å². The molecule has 1 saturated heterocycles. The third-order valence-corrected chi connectivity index (χ3v) is 7.30. The molecule has 1 aromatic carbocycles. The fraction of sp³-hybridized carbons (Fsp3) is 0.486. The van der Waals surface area contributed by atoms with E-state index in [0.717, 1.165) is 78.1 Å². The van der Waals surface area contributed by atoms with E-state index >= 15 is 0 Å². The number of nitrogens with one attached hydrogen (secondary N) is 3. The first-order valence-corrected chi connectivity index (χ1v) is 16.8. The highest BCUT2D eigenvalue weighted by Crippen LogP contribution is 2.24. The second-order valence-corrected chi connectivity index (χ2v) is 14.5. The highest BCUT2D eigenvalue weighted by atomic mass is 32.1. The zero-order valence-corrected chi connectivity index (χ0v) is 29.9. The number of benzene rings is 1. The quantitative estimate of drug-likeness (QED) is 0.123. The average molecular weight is 666 g/mol. The maximum absolute atomic E-state index is 10.6. The Bertz CT molecular complexity index is 1540. The van der Waals surface area contributed by atoms with Gasteiger partial charge in [-0.05, 0) is 35.6 Å². The van der Waals surface area contributed by atoms with Crippen molar-refractivity contribution in [1.82, 2.24) is 25.0 Å². The van der Waals surface area contributed by atoms with Crippen LogP contribution in [0.25, 0.3) is 21.6 Å². The molecule has 3 aromatic heterocycles. The zero-order chi connectivity index (χ0) is 34.3. The predicted octanol–water partition coefficient (Wildman–Crippen LogP) is 7.55. The maximum atomic E-state index is 10.6. The Morgan fingerprint density at radius 1 is 1.04 bits per heavy atom. The summed E-state index contributed by atoms with van der Waals surface area (Å²) in [6.45, 7) is 20.3. The Hall–Kier alpha value is -4.00. The number of hydrogen-bond acceptors (Lipinski definition) is 10. The number of rotatable bonds is 9. The van der Waals surface area contributed by atoms with E-state index in [4.69, 9.17) is 14.0 Å². The van der Waals surface area contributed by atoms with Crippen LogP contribution in [0.15, 0.2) is 58.7 Å². The number of pyridine rings is 1. The van der Waals surface area contributed by atoms with Crippen molar-refractivity contribution in [1.29, 1.82) is 0 Å². The van der Waals surface area contributed by atoms with Crippen LogP contribution in [0.1, 0.15) is 60.6 Å². The minimum atomic E-state index is 0.0437. The largest absolute Gasteiger partial charge is 0.478 e. The lowest BCUT2D eigenvalue weighted by molar-refractivity contribution is -0.105. The highest BCUT2D eigenvalue weighted by molar-refractivity contribution is 7.16. The molecular weight excluding hydrogens is 614 g/mol. The predicted molar refractivity (Wildman–Crippen MR) is 192 cm³/mol. The maximum Gasteiger partial charge on any atom is 0.214 e. The van der Waals surface area contributed by atoms with Crippen molar-refractivity contribution >= 4 is 39.6 Å². The van der Waals surface area contributed by atoms with E-state index < -0.39 is 0 Å². The normalized spacial score (nSPS) is 13.4. The molecule has 256 valence electrons. The number of anilines is 2. The molecular formula is C35H51N7O4S. The van der Waals surface area contributed by atoms with Crippen LogP contribution in [-0.4, -0.2) is 77.9 Å². The number of aromatic amines is 1. The number of ether oxygens (including phenoxy) is 2. The van der Waals surface area contributed by atoms with Crippen molar-refractivity contribution in [2.75, 3.05) is 57.1 Å². The summed E-state index contributed by atoms with van der Waals surface area (Å²) in [5, 5.41) is 11.4. The summed E-state index contributed by atoms with van der Waals surface area (Å²) in [4.78, 5) is 26.1. The molecule has 12 heteroatoms.